The molecule has 1 aromatic rings. The van der Waals surface area contributed by atoms with Crippen molar-refractivity contribution < 1.29 is 28.6 Å². The number of aliphatic carboxylic acids is 1. The molecule has 1 N–H and O–H groups in total. The molecule has 146 valence electrons. The summed E-state index contributed by atoms with van der Waals surface area (Å²) in [7, 11) is 3.16. The summed E-state index contributed by atoms with van der Waals surface area (Å²) >= 11 is 0. The Balaban J connectivity index is 1.87. The Hall–Kier alpha value is -2.48. The Kier molecular flexibility index (Phi) is 5.46. The Morgan fingerprint density at radius 1 is 1.30 bits per heavy atom. The number of benzene rings is 1. The van der Waals surface area contributed by atoms with Gasteiger partial charge in [-0.2, -0.15) is 0 Å². The highest BCUT2D eigenvalue weighted by Crippen LogP contribution is 2.39. The summed E-state index contributed by atoms with van der Waals surface area (Å²) in [5.74, 6) is -2.44. The van der Waals surface area contributed by atoms with Crippen LogP contribution in [0, 0.1) is 11.7 Å². The van der Waals surface area contributed by atoms with Crippen molar-refractivity contribution >= 4 is 17.8 Å². The lowest BCUT2D eigenvalue weighted by molar-refractivity contribution is -0.142. The average molecular weight is 378 g/mol. The molecule has 2 heterocycles. The van der Waals surface area contributed by atoms with Crippen LogP contribution in [0.15, 0.2) is 24.3 Å². The monoisotopic (exact) mass is 378 g/mol. The van der Waals surface area contributed by atoms with Crippen LogP contribution < -0.4 is 0 Å². The van der Waals surface area contributed by atoms with Crippen LogP contribution in [-0.2, 0) is 19.1 Å². The molecule has 7 nitrogen and oxygen atoms in total. The largest absolute Gasteiger partial charge is 0.481 e. The lowest BCUT2D eigenvalue weighted by Gasteiger charge is -2.30. The highest BCUT2D eigenvalue weighted by Gasteiger charge is 2.47. The highest BCUT2D eigenvalue weighted by atomic mass is 19.1. The zero-order valence-corrected chi connectivity index (χ0v) is 15.3. The van der Waals surface area contributed by atoms with Crippen molar-refractivity contribution in [2.75, 3.05) is 20.7 Å². The summed E-state index contributed by atoms with van der Waals surface area (Å²) in [6, 6.07) is 4.79. The van der Waals surface area contributed by atoms with Gasteiger partial charge in [-0.3, -0.25) is 14.4 Å². The fraction of sp³-hybridized carbons (Fsp3) is 0.526. The number of nitrogens with zero attached hydrogens (tertiary/aromatic N) is 2. The second-order valence-electron chi connectivity index (χ2n) is 7.15. The molecule has 2 aliphatic rings. The van der Waals surface area contributed by atoms with E-state index in [1.807, 2.05) is 0 Å². The van der Waals surface area contributed by atoms with Crippen molar-refractivity contribution in [3.63, 3.8) is 0 Å². The number of carboxylic acids is 1. The van der Waals surface area contributed by atoms with Crippen molar-refractivity contribution in [2.45, 2.75) is 37.5 Å². The first kappa shape index (κ1) is 19.3. The van der Waals surface area contributed by atoms with Crippen LogP contribution in [0.25, 0.3) is 0 Å². The number of halogens is 1. The lowest BCUT2D eigenvalue weighted by atomic mass is 9.92. The van der Waals surface area contributed by atoms with E-state index in [1.54, 1.807) is 19.2 Å². The molecule has 0 bridgehead atoms. The zero-order chi connectivity index (χ0) is 19.7. The smallest absolute Gasteiger partial charge is 0.305 e. The normalized spacial score (nSPS) is 28.0. The molecular weight excluding hydrogens is 355 g/mol. The zero-order valence-electron chi connectivity index (χ0n) is 15.3. The van der Waals surface area contributed by atoms with Gasteiger partial charge in [-0.25, -0.2) is 4.39 Å². The van der Waals surface area contributed by atoms with Gasteiger partial charge in [0.15, 0.2) is 0 Å². The van der Waals surface area contributed by atoms with Gasteiger partial charge in [0, 0.05) is 33.2 Å². The lowest BCUT2D eigenvalue weighted by Crippen LogP contribution is -2.42. The predicted octanol–water partition coefficient (Wildman–Crippen LogP) is 1.44. The fourth-order valence-corrected chi connectivity index (χ4v) is 4.13. The number of rotatable bonds is 5. The van der Waals surface area contributed by atoms with Gasteiger partial charge >= 0.3 is 5.97 Å². The van der Waals surface area contributed by atoms with Crippen LogP contribution in [0.5, 0.6) is 0 Å². The van der Waals surface area contributed by atoms with Crippen LogP contribution in [0.2, 0.25) is 0 Å². The minimum atomic E-state index is -0.982. The van der Waals surface area contributed by atoms with Crippen molar-refractivity contribution in [1.82, 2.24) is 9.80 Å². The maximum absolute atomic E-state index is 13.3. The molecule has 0 saturated carbocycles. The third-order valence-electron chi connectivity index (χ3n) is 5.52. The van der Waals surface area contributed by atoms with Crippen molar-refractivity contribution in [3.05, 3.63) is 35.6 Å². The minimum Gasteiger partial charge on any atom is -0.481 e. The topological polar surface area (TPSA) is 87.1 Å². The Bertz CT molecular complexity index is 738. The minimum absolute atomic E-state index is 0.0469. The Morgan fingerprint density at radius 3 is 2.56 bits per heavy atom. The van der Waals surface area contributed by atoms with E-state index in [4.69, 9.17) is 9.84 Å². The average Bonchev–Trinajstić information content (AvgIpc) is 3.16. The molecule has 0 spiro atoms. The molecule has 2 amide bonds. The SMILES string of the molecule is COC1CC(CC(=O)O)N(C(=O)C2CC(=O)N(C)C2c2ccc(F)cc2)C1. The highest BCUT2D eigenvalue weighted by molar-refractivity contribution is 5.90. The standard InChI is InChI=1S/C19H23FN2O5/c1-21-16(23)9-15(18(21)11-3-5-12(20)6-4-11)19(26)22-10-14(27-2)7-13(22)8-17(24)25/h3-6,13-15,18H,7-10H2,1-2H3,(H,24,25). The van der Waals surface area contributed by atoms with Crippen LogP contribution in [0.3, 0.4) is 0 Å². The van der Waals surface area contributed by atoms with E-state index >= 15 is 0 Å². The Morgan fingerprint density at radius 2 is 1.96 bits per heavy atom. The summed E-state index contributed by atoms with van der Waals surface area (Å²) in [5, 5.41) is 9.16. The number of ether oxygens (including phenoxy) is 1. The van der Waals surface area contributed by atoms with Gasteiger partial charge in [-0.05, 0) is 24.1 Å². The van der Waals surface area contributed by atoms with E-state index < -0.39 is 29.8 Å². The molecule has 27 heavy (non-hydrogen) atoms. The van der Waals surface area contributed by atoms with E-state index in [9.17, 15) is 18.8 Å². The summed E-state index contributed by atoms with van der Waals surface area (Å²) in [6.07, 6.45) is 0.110. The second kappa shape index (κ2) is 7.64. The predicted molar refractivity (Wildman–Crippen MR) is 93.2 cm³/mol. The third kappa shape index (κ3) is 3.80. The molecule has 0 aliphatic carbocycles. The summed E-state index contributed by atoms with van der Waals surface area (Å²) in [6.45, 7) is 0.303. The number of carboxylic acid groups (broad SMARTS) is 1. The molecule has 2 fully saturated rings. The summed E-state index contributed by atoms with van der Waals surface area (Å²) in [4.78, 5) is 39.8. The molecule has 4 atom stereocenters. The molecule has 8 heteroatoms. The number of amides is 2. The fourth-order valence-electron chi connectivity index (χ4n) is 4.13. The number of hydrogen-bond acceptors (Lipinski definition) is 4. The first-order valence-corrected chi connectivity index (χ1v) is 8.88. The number of carbonyl (C=O) groups is 3. The van der Waals surface area contributed by atoms with Crippen LogP contribution in [0.1, 0.15) is 30.9 Å². The molecule has 0 radical (unpaired) electrons. The van der Waals surface area contributed by atoms with Crippen molar-refractivity contribution in [1.29, 1.82) is 0 Å². The van der Waals surface area contributed by atoms with Gasteiger partial charge in [-0.15, -0.1) is 0 Å². The van der Waals surface area contributed by atoms with E-state index in [1.165, 1.54) is 29.0 Å². The first-order valence-electron chi connectivity index (χ1n) is 8.88. The maximum atomic E-state index is 13.3. The van der Waals surface area contributed by atoms with Crippen LogP contribution >= 0.6 is 0 Å². The van der Waals surface area contributed by atoms with Gasteiger partial charge < -0.3 is 19.6 Å². The summed E-state index contributed by atoms with van der Waals surface area (Å²) in [5.41, 5.74) is 0.681. The van der Waals surface area contributed by atoms with Gasteiger partial charge in [0.1, 0.15) is 5.82 Å². The first-order chi connectivity index (χ1) is 12.8. The van der Waals surface area contributed by atoms with E-state index in [0.717, 1.165) is 0 Å². The number of likely N-dealkylation sites (tertiary alicyclic amines) is 2. The molecule has 1 aromatic carbocycles. The number of carbonyl (C=O) groups excluding carboxylic acids is 2. The molecular formula is C19H23FN2O5. The van der Waals surface area contributed by atoms with E-state index in [0.29, 0.717) is 18.5 Å². The number of methoxy groups -OCH3 is 1. The van der Waals surface area contributed by atoms with Gasteiger partial charge in [0.25, 0.3) is 0 Å². The molecule has 3 rings (SSSR count). The van der Waals surface area contributed by atoms with Gasteiger partial charge in [0.2, 0.25) is 11.8 Å². The van der Waals surface area contributed by atoms with Gasteiger partial charge in [0.05, 0.1) is 24.5 Å². The summed E-state index contributed by atoms with van der Waals surface area (Å²) < 4.78 is 18.6. The molecule has 0 aromatic heterocycles. The van der Waals surface area contributed by atoms with Crippen molar-refractivity contribution in [2.24, 2.45) is 5.92 Å². The second-order valence-corrected chi connectivity index (χ2v) is 7.15. The molecule has 2 aliphatic heterocycles. The van der Waals surface area contributed by atoms with Gasteiger partial charge in [-0.1, -0.05) is 12.1 Å². The Labute approximate surface area is 156 Å². The maximum Gasteiger partial charge on any atom is 0.305 e. The van der Waals surface area contributed by atoms with Crippen LogP contribution in [0.4, 0.5) is 4.39 Å². The van der Waals surface area contributed by atoms with Crippen LogP contribution in [-0.4, -0.2) is 65.5 Å². The number of hydrogen-bond donors (Lipinski definition) is 1. The van der Waals surface area contributed by atoms with Crippen molar-refractivity contribution in [3.8, 4) is 0 Å². The quantitative estimate of drug-likeness (QED) is 0.838. The molecule has 2 saturated heterocycles. The third-order valence-corrected chi connectivity index (χ3v) is 5.52. The van der Waals surface area contributed by atoms with E-state index in [2.05, 4.69) is 0 Å². The molecule has 4 unspecified atom stereocenters. The van der Waals surface area contributed by atoms with E-state index in [-0.39, 0.29) is 30.8 Å².